The topological polar surface area (TPSA) is 29.3 Å². The molecule has 0 amide bonds. The van der Waals surface area contributed by atoms with Gasteiger partial charge in [0.15, 0.2) is 0 Å². The second-order valence-electron chi connectivity index (χ2n) is 4.11. The van der Waals surface area contributed by atoms with Crippen molar-refractivity contribution in [3.63, 3.8) is 0 Å². The third kappa shape index (κ3) is 2.01. The van der Waals surface area contributed by atoms with Gasteiger partial charge in [-0.05, 0) is 31.9 Å². The summed E-state index contributed by atoms with van der Waals surface area (Å²) < 4.78 is 0. The van der Waals surface area contributed by atoms with Gasteiger partial charge in [0.25, 0.3) is 0 Å². The summed E-state index contributed by atoms with van der Waals surface area (Å²) in [4.78, 5) is 2.21. The molecule has 0 heterocycles. The van der Waals surface area contributed by atoms with Crippen molar-refractivity contribution in [3.05, 3.63) is 12.3 Å². The lowest BCUT2D eigenvalue weighted by Crippen LogP contribution is -2.19. The Kier molecular flexibility index (Phi) is 2.78. The Morgan fingerprint density at radius 3 is 2.25 bits per heavy atom. The first-order valence-electron chi connectivity index (χ1n) is 4.70. The number of nitrogens with zero attached hydrogens (tertiary/aromatic N) is 1. The third-order valence-electron chi connectivity index (χ3n) is 2.88. The van der Waals surface area contributed by atoms with Gasteiger partial charge in [-0.25, -0.2) is 0 Å². The first kappa shape index (κ1) is 9.59. The molecule has 0 spiro atoms. The lowest BCUT2D eigenvalue weighted by molar-refractivity contribution is 0.374. The SMILES string of the molecule is CC1C(N)C1/C=C/N(C)C(C)C. The Balaban J connectivity index is 2.31. The van der Waals surface area contributed by atoms with Gasteiger partial charge in [0.2, 0.25) is 0 Å². The summed E-state index contributed by atoms with van der Waals surface area (Å²) in [6.07, 6.45) is 4.38. The van der Waals surface area contributed by atoms with E-state index in [0.29, 0.717) is 23.9 Å². The molecule has 1 aliphatic rings. The highest BCUT2D eigenvalue weighted by atomic mass is 15.1. The number of nitrogens with two attached hydrogens (primary N) is 1. The van der Waals surface area contributed by atoms with Crippen LogP contribution in [0.5, 0.6) is 0 Å². The molecule has 3 unspecified atom stereocenters. The van der Waals surface area contributed by atoms with E-state index in [4.69, 9.17) is 5.73 Å². The average Bonchev–Trinajstić information content (AvgIpc) is 2.56. The fraction of sp³-hybridized carbons (Fsp3) is 0.800. The van der Waals surface area contributed by atoms with Crippen molar-refractivity contribution < 1.29 is 0 Å². The van der Waals surface area contributed by atoms with Gasteiger partial charge in [-0.15, -0.1) is 0 Å². The van der Waals surface area contributed by atoms with Gasteiger partial charge in [0, 0.05) is 19.1 Å². The van der Waals surface area contributed by atoms with Crippen LogP contribution in [0.25, 0.3) is 0 Å². The molecular formula is C10H20N2. The highest BCUT2D eigenvalue weighted by Crippen LogP contribution is 2.37. The maximum atomic E-state index is 5.80. The van der Waals surface area contributed by atoms with Crippen molar-refractivity contribution >= 4 is 0 Å². The van der Waals surface area contributed by atoms with Crippen LogP contribution < -0.4 is 5.73 Å². The maximum absolute atomic E-state index is 5.80. The quantitative estimate of drug-likeness (QED) is 0.691. The van der Waals surface area contributed by atoms with Gasteiger partial charge in [-0.2, -0.15) is 0 Å². The van der Waals surface area contributed by atoms with E-state index < -0.39 is 0 Å². The highest BCUT2D eigenvalue weighted by molar-refractivity contribution is 5.09. The van der Waals surface area contributed by atoms with Crippen LogP contribution in [0.1, 0.15) is 20.8 Å². The predicted octanol–water partition coefficient (Wildman–Crippen LogP) is 1.43. The van der Waals surface area contributed by atoms with Crippen molar-refractivity contribution in [2.75, 3.05) is 7.05 Å². The van der Waals surface area contributed by atoms with Gasteiger partial charge in [-0.1, -0.05) is 13.0 Å². The molecule has 70 valence electrons. The molecule has 0 aliphatic heterocycles. The van der Waals surface area contributed by atoms with Crippen LogP contribution in [-0.2, 0) is 0 Å². The smallest absolute Gasteiger partial charge is 0.0224 e. The van der Waals surface area contributed by atoms with E-state index in [2.05, 4.69) is 45.0 Å². The highest BCUT2D eigenvalue weighted by Gasteiger charge is 2.41. The van der Waals surface area contributed by atoms with Crippen LogP contribution in [0, 0.1) is 11.8 Å². The Labute approximate surface area is 75.4 Å². The zero-order valence-electron chi connectivity index (χ0n) is 8.49. The number of hydrogen-bond donors (Lipinski definition) is 1. The van der Waals surface area contributed by atoms with Gasteiger partial charge in [0.1, 0.15) is 0 Å². The summed E-state index contributed by atoms with van der Waals surface area (Å²) >= 11 is 0. The normalized spacial score (nSPS) is 34.7. The molecule has 0 aromatic rings. The standard InChI is InChI=1S/C10H20N2/c1-7(2)12(4)6-5-9-8(3)10(9)11/h5-10H,11H2,1-4H3/b6-5+. The largest absolute Gasteiger partial charge is 0.378 e. The minimum atomic E-state index is 0.404. The van der Waals surface area contributed by atoms with Gasteiger partial charge >= 0.3 is 0 Å². The molecule has 2 N–H and O–H groups in total. The molecular weight excluding hydrogens is 148 g/mol. The van der Waals surface area contributed by atoms with E-state index >= 15 is 0 Å². The van der Waals surface area contributed by atoms with Crippen LogP contribution in [0.2, 0.25) is 0 Å². The van der Waals surface area contributed by atoms with Crippen LogP contribution in [-0.4, -0.2) is 24.0 Å². The second kappa shape index (κ2) is 3.48. The molecule has 0 radical (unpaired) electrons. The van der Waals surface area contributed by atoms with Crippen LogP contribution in [0.3, 0.4) is 0 Å². The minimum absolute atomic E-state index is 0.404. The summed E-state index contributed by atoms with van der Waals surface area (Å²) in [6.45, 7) is 6.57. The first-order chi connectivity index (χ1) is 5.54. The fourth-order valence-corrected chi connectivity index (χ4v) is 1.24. The Hall–Kier alpha value is -0.500. The molecule has 1 fully saturated rings. The lowest BCUT2D eigenvalue weighted by atomic mass is 10.3. The van der Waals surface area contributed by atoms with Gasteiger partial charge in [-0.3, -0.25) is 0 Å². The van der Waals surface area contributed by atoms with Crippen molar-refractivity contribution in [1.82, 2.24) is 4.90 Å². The Morgan fingerprint density at radius 2 is 1.92 bits per heavy atom. The first-order valence-corrected chi connectivity index (χ1v) is 4.70. The summed E-state index contributed by atoms with van der Waals surface area (Å²) in [7, 11) is 2.10. The molecule has 0 aromatic carbocycles. The molecule has 3 atom stereocenters. The minimum Gasteiger partial charge on any atom is -0.378 e. The van der Waals surface area contributed by atoms with E-state index in [9.17, 15) is 0 Å². The molecule has 0 bridgehead atoms. The molecule has 1 aliphatic carbocycles. The fourth-order valence-electron chi connectivity index (χ4n) is 1.24. The summed E-state index contributed by atoms with van der Waals surface area (Å²) in [5, 5.41) is 0. The van der Waals surface area contributed by atoms with Crippen LogP contribution in [0.4, 0.5) is 0 Å². The number of rotatable bonds is 3. The molecule has 2 nitrogen and oxygen atoms in total. The monoisotopic (exact) mass is 168 g/mol. The average molecular weight is 168 g/mol. The van der Waals surface area contributed by atoms with Gasteiger partial charge < -0.3 is 10.6 Å². The van der Waals surface area contributed by atoms with Crippen molar-refractivity contribution in [1.29, 1.82) is 0 Å². The van der Waals surface area contributed by atoms with E-state index in [0.717, 1.165) is 0 Å². The second-order valence-corrected chi connectivity index (χ2v) is 4.11. The Morgan fingerprint density at radius 1 is 1.42 bits per heavy atom. The summed E-state index contributed by atoms with van der Waals surface area (Å²) in [6, 6.07) is 0.980. The van der Waals surface area contributed by atoms with E-state index in [1.54, 1.807) is 0 Å². The van der Waals surface area contributed by atoms with Crippen LogP contribution in [0.15, 0.2) is 12.3 Å². The predicted molar refractivity (Wildman–Crippen MR) is 52.7 cm³/mol. The number of hydrogen-bond acceptors (Lipinski definition) is 2. The lowest BCUT2D eigenvalue weighted by Gasteiger charge is -2.18. The molecule has 0 aromatic heterocycles. The van der Waals surface area contributed by atoms with Gasteiger partial charge in [0.05, 0.1) is 0 Å². The summed E-state index contributed by atoms with van der Waals surface area (Å²) in [5.74, 6) is 1.30. The molecule has 0 saturated heterocycles. The van der Waals surface area contributed by atoms with Crippen molar-refractivity contribution in [2.45, 2.75) is 32.9 Å². The molecule has 12 heavy (non-hydrogen) atoms. The molecule has 1 saturated carbocycles. The van der Waals surface area contributed by atoms with E-state index in [-0.39, 0.29) is 0 Å². The van der Waals surface area contributed by atoms with Crippen LogP contribution >= 0.6 is 0 Å². The zero-order chi connectivity index (χ0) is 9.30. The molecule has 1 rings (SSSR count). The zero-order valence-corrected chi connectivity index (χ0v) is 8.49. The summed E-state index contributed by atoms with van der Waals surface area (Å²) in [5.41, 5.74) is 5.80. The van der Waals surface area contributed by atoms with Crippen molar-refractivity contribution in [3.8, 4) is 0 Å². The Bertz CT molecular complexity index is 156. The van der Waals surface area contributed by atoms with Crippen molar-refractivity contribution in [2.24, 2.45) is 17.6 Å². The maximum Gasteiger partial charge on any atom is 0.0224 e. The van der Waals surface area contributed by atoms with E-state index in [1.165, 1.54) is 0 Å². The molecule has 2 heteroatoms. The third-order valence-corrected chi connectivity index (χ3v) is 2.88. The van der Waals surface area contributed by atoms with E-state index in [1.807, 2.05) is 0 Å².